The molecule has 12 nitrogen and oxygen atoms in total. The van der Waals surface area contributed by atoms with Gasteiger partial charge in [0.15, 0.2) is 23.5 Å². The van der Waals surface area contributed by atoms with E-state index in [-0.39, 0.29) is 30.4 Å². The molecule has 1 aromatic carbocycles. The molecule has 38 heavy (non-hydrogen) atoms. The van der Waals surface area contributed by atoms with E-state index >= 15 is 0 Å². The second-order valence-electron chi connectivity index (χ2n) is 9.60. The van der Waals surface area contributed by atoms with Crippen LogP contribution in [-0.2, 0) is 19.6 Å². The van der Waals surface area contributed by atoms with Crippen LogP contribution in [0.15, 0.2) is 47.6 Å². The summed E-state index contributed by atoms with van der Waals surface area (Å²) in [6, 6.07) is 6.86. The van der Waals surface area contributed by atoms with Gasteiger partial charge in [0, 0.05) is 24.2 Å². The van der Waals surface area contributed by atoms with Crippen LogP contribution in [0.4, 0.5) is 0 Å². The number of hydrogen-bond acceptors (Lipinski definition) is 8. The van der Waals surface area contributed by atoms with E-state index in [1.54, 1.807) is 12.1 Å². The Labute approximate surface area is 220 Å². The van der Waals surface area contributed by atoms with Gasteiger partial charge >= 0.3 is 15.0 Å². The van der Waals surface area contributed by atoms with Gasteiger partial charge in [0.1, 0.15) is 6.04 Å². The van der Waals surface area contributed by atoms with Gasteiger partial charge in [0.2, 0.25) is 12.7 Å². The predicted molar refractivity (Wildman–Crippen MR) is 134 cm³/mol. The lowest BCUT2D eigenvalue weighted by Crippen LogP contribution is -2.52. The Bertz CT molecular complexity index is 1330. The molecule has 2 N–H and O–H groups in total. The highest BCUT2D eigenvalue weighted by molar-refractivity contribution is 7.89. The van der Waals surface area contributed by atoms with Crippen LogP contribution in [0.25, 0.3) is 0 Å². The number of Topliss-reactive ketones (excluding diaryl/α,β-unsaturated/α-hetero) is 1. The number of benzene rings is 1. The molecule has 3 heterocycles. The largest absolute Gasteiger partial charge is 0.618 e. The van der Waals surface area contributed by atoms with Crippen molar-refractivity contribution in [2.24, 2.45) is 5.92 Å². The van der Waals surface area contributed by atoms with E-state index in [9.17, 15) is 28.0 Å². The summed E-state index contributed by atoms with van der Waals surface area (Å²) >= 11 is 0. The second kappa shape index (κ2) is 11.4. The molecule has 13 heteroatoms. The van der Waals surface area contributed by atoms with Crippen LogP contribution < -0.4 is 24.8 Å². The zero-order chi connectivity index (χ0) is 27.4. The number of ketones is 1. The molecule has 1 aromatic heterocycles. The van der Waals surface area contributed by atoms with Gasteiger partial charge in [-0.2, -0.15) is 9.04 Å². The van der Waals surface area contributed by atoms with Crippen molar-refractivity contribution in [3.63, 3.8) is 0 Å². The molecule has 0 radical (unpaired) electrons. The lowest BCUT2D eigenvalue weighted by Gasteiger charge is -2.23. The Morgan fingerprint density at radius 2 is 1.95 bits per heavy atom. The van der Waals surface area contributed by atoms with Crippen molar-refractivity contribution < 1.29 is 37.0 Å². The summed E-state index contributed by atoms with van der Waals surface area (Å²) in [6.07, 6.45) is 1.90. The van der Waals surface area contributed by atoms with Crippen LogP contribution in [0.2, 0.25) is 0 Å². The van der Waals surface area contributed by atoms with Crippen molar-refractivity contribution in [3.05, 3.63) is 53.4 Å². The number of nitrogens with one attached hydrogen (secondary N) is 2. The quantitative estimate of drug-likeness (QED) is 0.362. The molecule has 2 amide bonds. The van der Waals surface area contributed by atoms with Crippen LogP contribution in [0.5, 0.6) is 11.5 Å². The second-order valence-corrected chi connectivity index (χ2v) is 11.5. The molecule has 1 unspecified atom stereocenters. The minimum atomic E-state index is -4.21. The summed E-state index contributed by atoms with van der Waals surface area (Å²) in [5, 5.41) is 17.0. The third-order valence-corrected chi connectivity index (χ3v) is 8.13. The number of amides is 2. The third kappa shape index (κ3) is 6.05. The van der Waals surface area contributed by atoms with Crippen molar-refractivity contribution in [1.29, 1.82) is 0 Å². The van der Waals surface area contributed by atoms with E-state index in [1.807, 2.05) is 13.8 Å². The molecule has 2 aliphatic heterocycles. The van der Waals surface area contributed by atoms with Gasteiger partial charge in [0.05, 0.1) is 12.6 Å². The number of sulfonamides is 1. The van der Waals surface area contributed by atoms with E-state index in [1.165, 1.54) is 24.3 Å². The topological polar surface area (TPSA) is 158 Å². The molecule has 0 bridgehead atoms. The number of hydrogen-bond donors (Lipinski definition) is 2. The molecule has 0 spiro atoms. The number of aromatic nitrogens is 1. The first-order valence-electron chi connectivity index (χ1n) is 12.3. The van der Waals surface area contributed by atoms with Crippen LogP contribution in [0.1, 0.15) is 43.5 Å². The lowest BCUT2D eigenvalue weighted by molar-refractivity contribution is -0.646. The van der Waals surface area contributed by atoms with Gasteiger partial charge in [-0.3, -0.25) is 14.4 Å². The maximum absolute atomic E-state index is 13.2. The minimum absolute atomic E-state index is 0.0195. The molecule has 2 atom stereocenters. The summed E-state index contributed by atoms with van der Waals surface area (Å²) in [4.78, 5) is 39.1. The van der Waals surface area contributed by atoms with Crippen LogP contribution in [0.3, 0.4) is 0 Å². The van der Waals surface area contributed by atoms with Gasteiger partial charge in [-0.1, -0.05) is 13.8 Å². The highest BCUT2D eigenvalue weighted by atomic mass is 32.2. The first-order chi connectivity index (χ1) is 18.1. The van der Waals surface area contributed by atoms with Gasteiger partial charge in [-0.25, -0.2) is 8.42 Å². The molecule has 2 aromatic rings. The molecule has 1 saturated heterocycles. The summed E-state index contributed by atoms with van der Waals surface area (Å²) in [5.41, 5.74) is 0.290. The fraction of sp³-hybridized carbons (Fsp3) is 0.440. The van der Waals surface area contributed by atoms with Crippen molar-refractivity contribution in [2.45, 2.75) is 50.2 Å². The van der Waals surface area contributed by atoms with Crippen LogP contribution >= 0.6 is 0 Å². The number of rotatable bonds is 8. The van der Waals surface area contributed by atoms with Crippen molar-refractivity contribution in [2.75, 3.05) is 19.9 Å². The Hall–Kier alpha value is -3.71. The average Bonchev–Trinajstić information content (AvgIpc) is 3.26. The van der Waals surface area contributed by atoms with E-state index < -0.39 is 51.3 Å². The zero-order valence-electron chi connectivity index (χ0n) is 21.1. The SMILES string of the molecule is CC(C)CC(NC(=O)c1ccc2c(c1)OCO2)C(=O)N[C@H]1CCCN(S(=O)(=O)c2cccc[n+]2[O-])CC1=O. The molecule has 0 aliphatic carbocycles. The number of ether oxygens (including phenoxy) is 2. The highest BCUT2D eigenvalue weighted by Gasteiger charge is 2.37. The fourth-order valence-electron chi connectivity index (χ4n) is 4.35. The Balaban J connectivity index is 1.43. The lowest BCUT2D eigenvalue weighted by atomic mass is 10.0. The molecule has 1 fully saturated rings. The number of carbonyl (C=O) groups excluding carboxylic acids is 3. The number of nitrogens with zero attached hydrogens (tertiary/aromatic N) is 2. The summed E-state index contributed by atoms with van der Waals surface area (Å²) in [5.74, 6) is -0.510. The van der Waals surface area contributed by atoms with Crippen LogP contribution in [0, 0.1) is 11.1 Å². The van der Waals surface area contributed by atoms with Crippen LogP contribution in [-0.4, -0.2) is 62.3 Å². The zero-order valence-corrected chi connectivity index (χ0v) is 21.9. The molecular formula is C25H30N4O8S. The van der Waals surface area contributed by atoms with Gasteiger partial charge in [0.25, 0.3) is 5.91 Å². The normalized spacial score (nSPS) is 18.6. The molecule has 204 valence electrons. The number of carbonyl (C=O) groups is 3. The van der Waals surface area contributed by atoms with Crippen molar-refractivity contribution in [1.82, 2.24) is 14.9 Å². The van der Waals surface area contributed by atoms with Crippen molar-refractivity contribution in [3.8, 4) is 11.5 Å². The smallest absolute Gasteiger partial charge is 0.323 e. The summed E-state index contributed by atoms with van der Waals surface area (Å²) in [7, 11) is -4.21. The molecule has 0 saturated carbocycles. The maximum Gasteiger partial charge on any atom is 0.323 e. The van der Waals surface area contributed by atoms with E-state index in [2.05, 4.69) is 10.6 Å². The Morgan fingerprint density at radius 3 is 2.68 bits per heavy atom. The Morgan fingerprint density at radius 1 is 1.18 bits per heavy atom. The molecule has 4 rings (SSSR count). The predicted octanol–water partition coefficient (Wildman–Crippen LogP) is 0.732. The molecular weight excluding hydrogens is 516 g/mol. The summed E-state index contributed by atoms with van der Waals surface area (Å²) < 4.78 is 37.8. The number of pyridine rings is 1. The minimum Gasteiger partial charge on any atom is -0.618 e. The first kappa shape index (κ1) is 27.3. The first-order valence-corrected chi connectivity index (χ1v) is 13.7. The molecule has 2 aliphatic rings. The average molecular weight is 547 g/mol. The standard InChI is InChI=1S/C25H30N4O8S/c1-16(2)12-19(27-24(31)17-8-9-21-22(13-17)37-15-36-21)25(32)26-18-6-5-10-28(14-20(18)30)38(34,35)23-7-3-4-11-29(23)33/h3-4,7-9,11,13,16,18-19H,5-6,10,12,14-15H2,1-2H3,(H,26,32)(H,27,31)/t18-,19?/m0/s1. The van der Waals surface area contributed by atoms with Crippen molar-refractivity contribution >= 4 is 27.6 Å². The van der Waals surface area contributed by atoms with E-state index in [0.29, 0.717) is 29.9 Å². The third-order valence-electron chi connectivity index (χ3n) is 6.29. The fourth-order valence-corrected chi connectivity index (χ4v) is 5.82. The highest BCUT2D eigenvalue weighted by Crippen LogP contribution is 2.32. The number of fused-ring (bicyclic) bond motifs is 1. The Kier molecular flexibility index (Phi) is 8.17. The van der Waals surface area contributed by atoms with Gasteiger partial charge in [-0.15, -0.1) is 0 Å². The summed E-state index contributed by atoms with van der Waals surface area (Å²) in [6.45, 7) is 3.40. The van der Waals surface area contributed by atoms with E-state index in [4.69, 9.17) is 9.47 Å². The van der Waals surface area contributed by atoms with E-state index in [0.717, 1.165) is 10.5 Å². The monoisotopic (exact) mass is 546 g/mol. The van der Waals surface area contributed by atoms with Gasteiger partial charge in [-0.05, 0) is 49.4 Å². The van der Waals surface area contributed by atoms with Gasteiger partial charge < -0.3 is 25.3 Å². The maximum atomic E-state index is 13.2.